The van der Waals surface area contributed by atoms with Gasteiger partial charge in [-0.2, -0.15) is 0 Å². The SMILES string of the molecule is Brc1ncccc1NC(c1ccccc1)C1CC1. The van der Waals surface area contributed by atoms with E-state index in [1.54, 1.807) is 6.20 Å². The molecule has 1 atom stereocenters. The predicted octanol–water partition coefficient (Wildman–Crippen LogP) is 4.41. The van der Waals surface area contributed by atoms with Gasteiger partial charge in [-0.15, -0.1) is 0 Å². The number of hydrogen-bond donors (Lipinski definition) is 1. The van der Waals surface area contributed by atoms with Gasteiger partial charge in [0.25, 0.3) is 0 Å². The van der Waals surface area contributed by atoms with Gasteiger partial charge in [0.15, 0.2) is 0 Å². The number of benzene rings is 1. The summed E-state index contributed by atoms with van der Waals surface area (Å²) in [5, 5.41) is 3.62. The second kappa shape index (κ2) is 5.11. The molecule has 3 heteroatoms. The van der Waals surface area contributed by atoms with Crippen molar-refractivity contribution in [2.75, 3.05) is 5.32 Å². The molecule has 1 aromatic heterocycles. The van der Waals surface area contributed by atoms with Crippen molar-refractivity contribution >= 4 is 21.6 Å². The summed E-state index contributed by atoms with van der Waals surface area (Å²) in [6.45, 7) is 0. The Kier molecular flexibility index (Phi) is 3.33. The van der Waals surface area contributed by atoms with Crippen LogP contribution in [0.5, 0.6) is 0 Å². The van der Waals surface area contributed by atoms with Crippen molar-refractivity contribution in [3.05, 3.63) is 58.8 Å². The maximum absolute atomic E-state index is 4.26. The van der Waals surface area contributed by atoms with Crippen LogP contribution in [0.25, 0.3) is 0 Å². The van der Waals surface area contributed by atoms with Gasteiger partial charge in [0.05, 0.1) is 11.7 Å². The highest BCUT2D eigenvalue weighted by Crippen LogP contribution is 2.43. The van der Waals surface area contributed by atoms with E-state index in [0.717, 1.165) is 16.2 Å². The van der Waals surface area contributed by atoms with E-state index in [-0.39, 0.29) is 0 Å². The van der Waals surface area contributed by atoms with Crippen molar-refractivity contribution in [2.45, 2.75) is 18.9 Å². The second-order valence-corrected chi connectivity index (χ2v) is 5.46. The molecule has 0 saturated heterocycles. The van der Waals surface area contributed by atoms with E-state index in [2.05, 4.69) is 62.6 Å². The molecule has 2 aromatic rings. The largest absolute Gasteiger partial charge is 0.376 e. The average molecular weight is 303 g/mol. The molecule has 0 radical (unpaired) electrons. The first-order valence-electron chi connectivity index (χ1n) is 6.26. The van der Waals surface area contributed by atoms with Gasteiger partial charge < -0.3 is 5.32 Å². The molecule has 1 aromatic carbocycles. The van der Waals surface area contributed by atoms with Gasteiger partial charge in [0.1, 0.15) is 4.60 Å². The van der Waals surface area contributed by atoms with E-state index >= 15 is 0 Å². The summed E-state index contributed by atoms with van der Waals surface area (Å²) >= 11 is 3.49. The topological polar surface area (TPSA) is 24.9 Å². The maximum Gasteiger partial charge on any atom is 0.129 e. The minimum absolute atomic E-state index is 0.395. The molecule has 1 aliphatic carbocycles. The zero-order chi connectivity index (χ0) is 12.4. The van der Waals surface area contributed by atoms with Crippen LogP contribution in [0.2, 0.25) is 0 Å². The van der Waals surface area contributed by atoms with Crippen molar-refractivity contribution in [2.24, 2.45) is 5.92 Å². The molecule has 1 aliphatic rings. The highest BCUT2D eigenvalue weighted by atomic mass is 79.9. The lowest BCUT2D eigenvalue weighted by Gasteiger charge is -2.20. The Morgan fingerprint density at radius 2 is 1.89 bits per heavy atom. The summed E-state index contributed by atoms with van der Waals surface area (Å²) in [7, 11) is 0. The van der Waals surface area contributed by atoms with E-state index < -0.39 is 0 Å². The number of anilines is 1. The predicted molar refractivity (Wildman–Crippen MR) is 77.5 cm³/mol. The van der Waals surface area contributed by atoms with Crippen LogP contribution in [-0.4, -0.2) is 4.98 Å². The van der Waals surface area contributed by atoms with Gasteiger partial charge in [-0.1, -0.05) is 30.3 Å². The molecule has 3 rings (SSSR count). The highest BCUT2D eigenvalue weighted by Gasteiger charge is 2.32. The molecule has 92 valence electrons. The van der Waals surface area contributed by atoms with Gasteiger partial charge in [0.2, 0.25) is 0 Å². The minimum Gasteiger partial charge on any atom is -0.376 e. The Labute approximate surface area is 116 Å². The van der Waals surface area contributed by atoms with E-state index in [1.807, 2.05) is 6.07 Å². The fraction of sp³-hybridized carbons (Fsp3) is 0.267. The standard InChI is InChI=1S/C15H15BrN2/c16-15-13(7-4-10-17-15)18-14(12-8-9-12)11-5-2-1-3-6-11/h1-7,10,12,14,18H,8-9H2. The number of aromatic nitrogens is 1. The number of halogens is 1. The van der Waals surface area contributed by atoms with E-state index in [9.17, 15) is 0 Å². The number of nitrogens with zero attached hydrogens (tertiary/aromatic N) is 1. The summed E-state index contributed by atoms with van der Waals surface area (Å²) in [4.78, 5) is 4.26. The summed E-state index contributed by atoms with van der Waals surface area (Å²) in [6, 6.07) is 15.1. The van der Waals surface area contributed by atoms with E-state index in [4.69, 9.17) is 0 Å². The molecular weight excluding hydrogens is 288 g/mol. The third kappa shape index (κ3) is 2.56. The average Bonchev–Trinajstić information content (AvgIpc) is 3.23. The van der Waals surface area contributed by atoms with Gasteiger partial charge in [-0.05, 0) is 52.4 Å². The molecular formula is C15H15BrN2. The summed E-state index contributed by atoms with van der Waals surface area (Å²) < 4.78 is 0.881. The smallest absolute Gasteiger partial charge is 0.129 e. The lowest BCUT2D eigenvalue weighted by Crippen LogP contribution is -2.13. The fourth-order valence-electron chi connectivity index (χ4n) is 2.22. The zero-order valence-corrected chi connectivity index (χ0v) is 11.6. The van der Waals surface area contributed by atoms with Gasteiger partial charge >= 0.3 is 0 Å². The molecule has 2 nitrogen and oxygen atoms in total. The Hall–Kier alpha value is -1.35. The lowest BCUT2D eigenvalue weighted by molar-refractivity contribution is 0.678. The Bertz CT molecular complexity index is 523. The first kappa shape index (κ1) is 11.7. The van der Waals surface area contributed by atoms with Crippen LogP contribution >= 0.6 is 15.9 Å². The van der Waals surface area contributed by atoms with Crippen LogP contribution in [0.4, 0.5) is 5.69 Å². The van der Waals surface area contributed by atoms with Gasteiger partial charge in [-0.3, -0.25) is 0 Å². The van der Waals surface area contributed by atoms with Crippen molar-refractivity contribution < 1.29 is 0 Å². The third-order valence-electron chi connectivity index (χ3n) is 3.32. The summed E-state index contributed by atoms with van der Waals surface area (Å²) in [5.41, 5.74) is 2.43. The quantitative estimate of drug-likeness (QED) is 0.846. The molecule has 18 heavy (non-hydrogen) atoms. The molecule has 1 unspecified atom stereocenters. The molecule has 1 heterocycles. The van der Waals surface area contributed by atoms with Gasteiger partial charge in [0, 0.05) is 6.20 Å². The second-order valence-electron chi connectivity index (χ2n) is 4.71. The molecule has 1 saturated carbocycles. The van der Waals surface area contributed by atoms with Gasteiger partial charge in [-0.25, -0.2) is 4.98 Å². The van der Waals surface area contributed by atoms with Crippen LogP contribution in [0, 0.1) is 5.92 Å². The fourth-order valence-corrected chi connectivity index (χ4v) is 2.59. The lowest BCUT2D eigenvalue weighted by atomic mass is 10.0. The van der Waals surface area contributed by atoms with Crippen LogP contribution in [0.15, 0.2) is 53.3 Å². The Morgan fingerprint density at radius 3 is 2.56 bits per heavy atom. The maximum atomic E-state index is 4.26. The third-order valence-corrected chi connectivity index (χ3v) is 3.95. The normalized spacial score (nSPS) is 16.3. The zero-order valence-electron chi connectivity index (χ0n) is 10.0. The van der Waals surface area contributed by atoms with Crippen molar-refractivity contribution in [1.82, 2.24) is 4.98 Å². The van der Waals surface area contributed by atoms with Crippen LogP contribution < -0.4 is 5.32 Å². The number of nitrogens with one attached hydrogen (secondary N) is 1. The first-order chi connectivity index (χ1) is 8.84. The molecule has 0 amide bonds. The van der Waals surface area contributed by atoms with E-state index in [1.165, 1.54) is 18.4 Å². The van der Waals surface area contributed by atoms with Crippen molar-refractivity contribution in [1.29, 1.82) is 0 Å². The van der Waals surface area contributed by atoms with Crippen LogP contribution in [-0.2, 0) is 0 Å². The van der Waals surface area contributed by atoms with Crippen molar-refractivity contribution in [3.63, 3.8) is 0 Å². The van der Waals surface area contributed by atoms with E-state index in [0.29, 0.717) is 6.04 Å². The molecule has 0 aliphatic heterocycles. The molecule has 0 bridgehead atoms. The van der Waals surface area contributed by atoms with Crippen LogP contribution in [0.1, 0.15) is 24.4 Å². The minimum atomic E-state index is 0.395. The molecule has 1 N–H and O–H groups in total. The highest BCUT2D eigenvalue weighted by molar-refractivity contribution is 9.10. The molecule has 1 fully saturated rings. The summed E-state index contributed by atoms with van der Waals surface area (Å²) in [6.07, 6.45) is 4.42. The van der Waals surface area contributed by atoms with Crippen molar-refractivity contribution in [3.8, 4) is 0 Å². The summed E-state index contributed by atoms with van der Waals surface area (Å²) in [5.74, 6) is 0.750. The Morgan fingerprint density at radius 1 is 1.11 bits per heavy atom. The molecule has 0 spiro atoms. The Balaban J connectivity index is 1.86. The number of pyridine rings is 1. The first-order valence-corrected chi connectivity index (χ1v) is 7.06. The van der Waals surface area contributed by atoms with Crippen LogP contribution in [0.3, 0.4) is 0 Å². The monoisotopic (exact) mass is 302 g/mol. The number of rotatable bonds is 4. The number of hydrogen-bond acceptors (Lipinski definition) is 2.